The second kappa shape index (κ2) is 5.05. The van der Waals surface area contributed by atoms with Crippen LogP contribution >= 0.6 is 11.3 Å². The number of nitrogens with zero attached hydrogens (tertiary/aromatic N) is 2. The normalized spacial score (nSPS) is 23.2. The molecule has 1 aromatic heterocycles. The number of thiazole rings is 1. The average molecular weight is 225 g/mol. The van der Waals surface area contributed by atoms with E-state index in [9.17, 15) is 0 Å². The van der Waals surface area contributed by atoms with E-state index in [4.69, 9.17) is 5.73 Å². The standard InChI is InChI=1S/C11H19N3S/c1-9-3-2-4-14(6-9)7-10-8-15-11(5-12)13-10/h8-9H,2-7,12H2,1H3. The minimum atomic E-state index is 0.571. The summed E-state index contributed by atoms with van der Waals surface area (Å²) in [5.74, 6) is 0.839. The van der Waals surface area contributed by atoms with E-state index < -0.39 is 0 Å². The summed E-state index contributed by atoms with van der Waals surface area (Å²) in [6, 6.07) is 0. The summed E-state index contributed by atoms with van der Waals surface area (Å²) < 4.78 is 0. The molecule has 1 aromatic rings. The highest BCUT2D eigenvalue weighted by atomic mass is 32.1. The predicted molar refractivity (Wildman–Crippen MR) is 63.7 cm³/mol. The third-order valence-electron chi connectivity index (χ3n) is 2.90. The first kappa shape index (κ1) is 11.0. The molecule has 4 heteroatoms. The average Bonchev–Trinajstić information content (AvgIpc) is 2.65. The van der Waals surface area contributed by atoms with Crippen molar-refractivity contribution in [2.75, 3.05) is 13.1 Å². The lowest BCUT2D eigenvalue weighted by Crippen LogP contribution is -2.33. The van der Waals surface area contributed by atoms with Gasteiger partial charge in [-0.05, 0) is 25.3 Å². The Labute approximate surface area is 95.3 Å². The van der Waals surface area contributed by atoms with Gasteiger partial charge in [-0.1, -0.05) is 6.92 Å². The van der Waals surface area contributed by atoms with Crippen LogP contribution in [-0.4, -0.2) is 23.0 Å². The lowest BCUT2D eigenvalue weighted by molar-refractivity contribution is 0.175. The molecule has 2 heterocycles. The Kier molecular flexibility index (Phi) is 3.72. The summed E-state index contributed by atoms with van der Waals surface area (Å²) in [7, 11) is 0. The summed E-state index contributed by atoms with van der Waals surface area (Å²) in [6.45, 7) is 6.34. The monoisotopic (exact) mass is 225 g/mol. The lowest BCUT2D eigenvalue weighted by atomic mass is 10.0. The summed E-state index contributed by atoms with van der Waals surface area (Å²) >= 11 is 1.68. The molecule has 0 saturated carbocycles. The Balaban J connectivity index is 1.90. The van der Waals surface area contributed by atoms with Crippen molar-refractivity contribution in [2.24, 2.45) is 11.7 Å². The first-order valence-electron chi connectivity index (χ1n) is 5.63. The molecular weight excluding hydrogens is 206 g/mol. The van der Waals surface area contributed by atoms with E-state index in [-0.39, 0.29) is 0 Å². The zero-order chi connectivity index (χ0) is 10.7. The molecule has 2 rings (SSSR count). The van der Waals surface area contributed by atoms with Crippen molar-refractivity contribution in [1.82, 2.24) is 9.88 Å². The number of nitrogens with two attached hydrogens (primary N) is 1. The third-order valence-corrected chi connectivity index (χ3v) is 3.82. The maximum Gasteiger partial charge on any atom is 0.106 e. The van der Waals surface area contributed by atoms with Gasteiger partial charge in [0.15, 0.2) is 0 Å². The maximum absolute atomic E-state index is 5.55. The molecule has 2 N–H and O–H groups in total. The molecule has 15 heavy (non-hydrogen) atoms. The van der Waals surface area contributed by atoms with E-state index in [1.54, 1.807) is 11.3 Å². The van der Waals surface area contributed by atoms with Gasteiger partial charge in [0.2, 0.25) is 0 Å². The van der Waals surface area contributed by atoms with E-state index in [0.717, 1.165) is 17.5 Å². The Morgan fingerprint density at radius 3 is 3.20 bits per heavy atom. The second-order valence-electron chi connectivity index (χ2n) is 4.42. The van der Waals surface area contributed by atoms with Gasteiger partial charge in [-0.2, -0.15) is 0 Å². The highest BCUT2D eigenvalue weighted by molar-refractivity contribution is 7.09. The van der Waals surface area contributed by atoms with Gasteiger partial charge in [0.1, 0.15) is 5.01 Å². The van der Waals surface area contributed by atoms with Gasteiger partial charge in [0.05, 0.1) is 5.69 Å². The quantitative estimate of drug-likeness (QED) is 0.853. The fourth-order valence-corrected chi connectivity index (χ4v) is 2.84. The summed E-state index contributed by atoms with van der Waals surface area (Å²) in [4.78, 5) is 7.00. The van der Waals surface area contributed by atoms with Gasteiger partial charge < -0.3 is 5.73 Å². The van der Waals surface area contributed by atoms with Crippen molar-refractivity contribution in [3.05, 3.63) is 16.1 Å². The zero-order valence-corrected chi connectivity index (χ0v) is 10.1. The Hall–Kier alpha value is -0.450. The van der Waals surface area contributed by atoms with Gasteiger partial charge in [0, 0.05) is 25.0 Å². The van der Waals surface area contributed by atoms with E-state index in [0.29, 0.717) is 6.54 Å². The molecule has 1 unspecified atom stereocenters. The first-order valence-corrected chi connectivity index (χ1v) is 6.51. The molecule has 0 aromatic carbocycles. The van der Waals surface area contributed by atoms with E-state index in [2.05, 4.69) is 22.2 Å². The zero-order valence-electron chi connectivity index (χ0n) is 9.28. The van der Waals surface area contributed by atoms with E-state index >= 15 is 0 Å². The Morgan fingerprint density at radius 2 is 2.53 bits per heavy atom. The molecule has 84 valence electrons. The SMILES string of the molecule is CC1CCCN(Cc2csc(CN)n2)C1. The molecule has 1 fully saturated rings. The molecule has 1 aliphatic heterocycles. The van der Waals surface area contributed by atoms with Gasteiger partial charge >= 0.3 is 0 Å². The molecule has 1 saturated heterocycles. The van der Waals surface area contributed by atoms with Gasteiger partial charge in [0.25, 0.3) is 0 Å². The van der Waals surface area contributed by atoms with E-state index in [1.807, 2.05) is 0 Å². The van der Waals surface area contributed by atoms with Crippen LogP contribution in [-0.2, 0) is 13.1 Å². The molecular formula is C11H19N3S. The fraction of sp³-hybridized carbons (Fsp3) is 0.727. The van der Waals surface area contributed by atoms with Gasteiger partial charge in [-0.3, -0.25) is 4.90 Å². The van der Waals surface area contributed by atoms with Crippen LogP contribution < -0.4 is 5.73 Å². The molecule has 1 atom stereocenters. The Bertz CT molecular complexity index is 311. The Morgan fingerprint density at radius 1 is 1.67 bits per heavy atom. The van der Waals surface area contributed by atoms with Gasteiger partial charge in [-0.25, -0.2) is 4.98 Å². The fourth-order valence-electron chi connectivity index (χ4n) is 2.17. The minimum Gasteiger partial charge on any atom is -0.325 e. The van der Waals surface area contributed by atoms with Crippen LogP contribution in [0.5, 0.6) is 0 Å². The number of likely N-dealkylation sites (tertiary alicyclic amines) is 1. The molecule has 0 aliphatic carbocycles. The molecule has 0 spiro atoms. The number of hydrogen-bond acceptors (Lipinski definition) is 4. The third kappa shape index (κ3) is 3.00. The number of piperidine rings is 1. The second-order valence-corrected chi connectivity index (χ2v) is 5.36. The van der Waals surface area contributed by atoms with Crippen molar-refractivity contribution in [3.63, 3.8) is 0 Å². The van der Waals surface area contributed by atoms with Gasteiger partial charge in [-0.15, -0.1) is 11.3 Å². The summed E-state index contributed by atoms with van der Waals surface area (Å²) in [6.07, 6.45) is 2.71. The molecule has 0 amide bonds. The molecule has 0 radical (unpaired) electrons. The minimum absolute atomic E-state index is 0.571. The number of hydrogen-bond donors (Lipinski definition) is 1. The maximum atomic E-state index is 5.55. The predicted octanol–water partition coefficient (Wildman–Crippen LogP) is 1.83. The summed E-state index contributed by atoms with van der Waals surface area (Å²) in [5.41, 5.74) is 6.74. The molecule has 1 aliphatic rings. The van der Waals surface area contributed by atoms with Crippen molar-refractivity contribution >= 4 is 11.3 Å². The van der Waals surface area contributed by atoms with Crippen LogP contribution in [0.4, 0.5) is 0 Å². The topological polar surface area (TPSA) is 42.1 Å². The summed E-state index contributed by atoms with van der Waals surface area (Å²) in [5, 5.41) is 3.19. The van der Waals surface area contributed by atoms with Crippen LogP contribution in [0.3, 0.4) is 0 Å². The van der Waals surface area contributed by atoms with Crippen molar-refractivity contribution in [1.29, 1.82) is 0 Å². The molecule has 0 bridgehead atoms. The van der Waals surface area contributed by atoms with Crippen LogP contribution in [0.15, 0.2) is 5.38 Å². The van der Waals surface area contributed by atoms with Crippen LogP contribution in [0.1, 0.15) is 30.5 Å². The lowest BCUT2D eigenvalue weighted by Gasteiger charge is -2.30. The number of aromatic nitrogens is 1. The largest absolute Gasteiger partial charge is 0.325 e. The smallest absolute Gasteiger partial charge is 0.106 e. The first-order chi connectivity index (χ1) is 7.28. The van der Waals surface area contributed by atoms with Crippen LogP contribution in [0, 0.1) is 5.92 Å². The van der Waals surface area contributed by atoms with Crippen LogP contribution in [0.2, 0.25) is 0 Å². The van der Waals surface area contributed by atoms with Crippen molar-refractivity contribution in [3.8, 4) is 0 Å². The number of rotatable bonds is 3. The van der Waals surface area contributed by atoms with Crippen molar-refractivity contribution < 1.29 is 0 Å². The highest BCUT2D eigenvalue weighted by Gasteiger charge is 2.16. The molecule has 3 nitrogen and oxygen atoms in total. The highest BCUT2D eigenvalue weighted by Crippen LogP contribution is 2.18. The van der Waals surface area contributed by atoms with E-state index in [1.165, 1.54) is 31.6 Å². The van der Waals surface area contributed by atoms with Crippen molar-refractivity contribution in [2.45, 2.75) is 32.9 Å². The van der Waals surface area contributed by atoms with Crippen LogP contribution in [0.25, 0.3) is 0 Å².